The minimum Gasteiger partial charge on any atom is -0.353 e. The van der Waals surface area contributed by atoms with Crippen LogP contribution in [-0.4, -0.2) is 34.5 Å². The van der Waals surface area contributed by atoms with Gasteiger partial charge in [-0.1, -0.05) is 0 Å². The lowest BCUT2D eigenvalue weighted by molar-refractivity contribution is -0.119. The van der Waals surface area contributed by atoms with Gasteiger partial charge >= 0.3 is 6.03 Å². The molecule has 0 saturated heterocycles. The van der Waals surface area contributed by atoms with E-state index in [1.165, 1.54) is 11.8 Å². The third-order valence-corrected chi connectivity index (χ3v) is 3.95. The number of hydrogen-bond acceptors (Lipinski definition) is 3. The van der Waals surface area contributed by atoms with Crippen LogP contribution in [0.2, 0.25) is 0 Å². The molecular weight excluding hydrogens is 250 g/mol. The molecule has 1 fully saturated rings. The van der Waals surface area contributed by atoms with Gasteiger partial charge in [-0.2, -0.15) is 4.99 Å². The van der Waals surface area contributed by atoms with Crippen molar-refractivity contribution in [1.29, 1.82) is 0 Å². The number of urea groups is 1. The van der Waals surface area contributed by atoms with Crippen molar-refractivity contribution >= 4 is 34.5 Å². The highest BCUT2D eigenvalue weighted by Crippen LogP contribution is 2.31. The molecular formula is C12H17N3O2S. The number of amides is 3. The second-order valence-corrected chi connectivity index (χ2v) is 5.79. The Balaban J connectivity index is 1.93. The van der Waals surface area contributed by atoms with Gasteiger partial charge in [0.25, 0.3) is 0 Å². The molecule has 6 heteroatoms. The molecule has 0 aromatic rings. The predicted octanol–water partition coefficient (Wildman–Crippen LogP) is 2.02. The predicted molar refractivity (Wildman–Crippen MR) is 73.3 cm³/mol. The zero-order valence-corrected chi connectivity index (χ0v) is 11.4. The van der Waals surface area contributed by atoms with E-state index in [4.69, 9.17) is 0 Å². The Hall–Kier alpha value is -1.17. The zero-order chi connectivity index (χ0) is 13.1. The normalized spacial score (nSPS) is 22.6. The molecule has 0 bridgehead atoms. The van der Waals surface area contributed by atoms with Gasteiger partial charge in [-0.15, -0.1) is 11.8 Å². The molecule has 5 nitrogen and oxygen atoms in total. The summed E-state index contributed by atoms with van der Waals surface area (Å²) in [5.41, 5.74) is 0.946. The van der Waals surface area contributed by atoms with Crippen LogP contribution in [0.3, 0.4) is 0 Å². The average Bonchev–Trinajstić information content (AvgIpc) is 2.72. The van der Waals surface area contributed by atoms with Gasteiger partial charge in [0.2, 0.25) is 5.91 Å². The summed E-state index contributed by atoms with van der Waals surface area (Å²) >= 11 is 1.36. The smallest absolute Gasteiger partial charge is 0.353 e. The van der Waals surface area contributed by atoms with Gasteiger partial charge in [-0.25, -0.2) is 9.79 Å². The summed E-state index contributed by atoms with van der Waals surface area (Å²) in [6.07, 6.45) is 2.92. The SMILES string of the molecule is CC(C)NC(=O)CSC1=NC(=O)N=C2CCCC21. The summed E-state index contributed by atoms with van der Waals surface area (Å²) in [6.45, 7) is 3.85. The monoisotopic (exact) mass is 267 g/mol. The first-order valence-corrected chi connectivity index (χ1v) is 7.17. The Morgan fingerprint density at radius 2 is 2.28 bits per heavy atom. The number of hydrogen-bond donors (Lipinski definition) is 1. The Morgan fingerprint density at radius 3 is 3.00 bits per heavy atom. The fourth-order valence-corrected chi connectivity index (χ4v) is 3.14. The van der Waals surface area contributed by atoms with Gasteiger partial charge in [-0.05, 0) is 33.1 Å². The average molecular weight is 267 g/mol. The Morgan fingerprint density at radius 1 is 1.50 bits per heavy atom. The fraction of sp³-hybridized carbons (Fsp3) is 0.667. The van der Waals surface area contributed by atoms with Gasteiger partial charge < -0.3 is 5.32 Å². The Bertz CT molecular complexity index is 429. The van der Waals surface area contributed by atoms with Crippen molar-refractivity contribution in [3.05, 3.63) is 0 Å². The van der Waals surface area contributed by atoms with Crippen LogP contribution in [0.1, 0.15) is 33.1 Å². The van der Waals surface area contributed by atoms with Crippen LogP contribution in [-0.2, 0) is 4.79 Å². The van der Waals surface area contributed by atoms with Gasteiger partial charge in [0.05, 0.1) is 10.8 Å². The van der Waals surface area contributed by atoms with E-state index in [2.05, 4.69) is 15.3 Å². The lowest BCUT2D eigenvalue weighted by Gasteiger charge is -2.17. The summed E-state index contributed by atoms with van der Waals surface area (Å²) in [5, 5.41) is 3.59. The van der Waals surface area contributed by atoms with Crippen molar-refractivity contribution in [1.82, 2.24) is 5.32 Å². The third kappa shape index (κ3) is 3.19. The molecule has 1 aliphatic carbocycles. The maximum Gasteiger partial charge on any atom is 0.367 e. The Labute approximate surface area is 111 Å². The van der Waals surface area contributed by atoms with Crippen molar-refractivity contribution in [3.63, 3.8) is 0 Å². The highest BCUT2D eigenvalue weighted by molar-refractivity contribution is 8.14. The molecule has 2 rings (SSSR count). The maximum absolute atomic E-state index is 11.6. The largest absolute Gasteiger partial charge is 0.367 e. The first kappa shape index (κ1) is 13.3. The van der Waals surface area contributed by atoms with Crippen molar-refractivity contribution in [3.8, 4) is 0 Å². The van der Waals surface area contributed by atoms with Crippen molar-refractivity contribution in [2.45, 2.75) is 39.2 Å². The molecule has 1 unspecified atom stereocenters. The Kier molecular flexibility index (Phi) is 4.16. The fourth-order valence-electron chi connectivity index (χ4n) is 2.18. The van der Waals surface area contributed by atoms with Crippen molar-refractivity contribution in [2.75, 3.05) is 5.75 Å². The van der Waals surface area contributed by atoms with Crippen LogP contribution >= 0.6 is 11.8 Å². The highest BCUT2D eigenvalue weighted by atomic mass is 32.2. The lowest BCUT2D eigenvalue weighted by Crippen LogP contribution is -2.32. The minimum absolute atomic E-state index is 0.0211. The first-order valence-electron chi connectivity index (χ1n) is 6.18. The van der Waals surface area contributed by atoms with Crippen LogP contribution in [0, 0.1) is 5.92 Å². The molecule has 3 amide bonds. The van der Waals surface area contributed by atoms with Crippen LogP contribution in [0.25, 0.3) is 0 Å². The summed E-state index contributed by atoms with van der Waals surface area (Å²) in [6, 6.07) is -0.286. The second-order valence-electron chi connectivity index (χ2n) is 4.79. The molecule has 1 N–H and O–H groups in total. The number of thioether (sulfide) groups is 1. The number of carbonyl (C=O) groups is 2. The summed E-state index contributed by atoms with van der Waals surface area (Å²) < 4.78 is 0. The van der Waals surface area contributed by atoms with Gasteiger partial charge in [-0.3, -0.25) is 4.79 Å². The molecule has 0 radical (unpaired) electrons. The molecule has 0 aromatic carbocycles. The van der Waals surface area contributed by atoms with Crippen LogP contribution in [0.5, 0.6) is 0 Å². The molecule has 1 saturated carbocycles. The van der Waals surface area contributed by atoms with Crippen molar-refractivity contribution in [2.24, 2.45) is 15.9 Å². The van der Waals surface area contributed by atoms with E-state index < -0.39 is 6.03 Å². The zero-order valence-electron chi connectivity index (χ0n) is 10.6. The van der Waals surface area contributed by atoms with E-state index in [0.717, 1.165) is 30.0 Å². The molecule has 0 spiro atoms. The van der Waals surface area contributed by atoms with E-state index in [9.17, 15) is 9.59 Å². The van der Waals surface area contributed by atoms with E-state index in [0.29, 0.717) is 5.75 Å². The molecule has 98 valence electrons. The summed E-state index contributed by atoms with van der Waals surface area (Å²) in [5.74, 6) is 0.473. The molecule has 0 aromatic heterocycles. The standard InChI is InChI=1S/C12H17N3O2S/c1-7(2)13-10(16)6-18-11-8-4-3-5-9(8)14-12(17)15-11/h7-8H,3-6H2,1-2H3,(H,13,16). The highest BCUT2D eigenvalue weighted by Gasteiger charge is 2.32. The number of carbonyl (C=O) groups excluding carboxylic acids is 2. The molecule has 1 aliphatic heterocycles. The van der Waals surface area contributed by atoms with Crippen LogP contribution < -0.4 is 5.32 Å². The van der Waals surface area contributed by atoms with Gasteiger partial charge in [0.15, 0.2) is 0 Å². The number of aliphatic imine (C=N–C) groups is 2. The summed E-state index contributed by atoms with van der Waals surface area (Å²) in [7, 11) is 0. The van der Waals surface area contributed by atoms with Crippen LogP contribution in [0.4, 0.5) is 4.79 Å². The van der Waals surface area contributed by atoms with E-state index in [-0.39, 0.29) is 17.9 Å². The first-order chi connectivity index (χ1) is 8.56. The van der Waals surface area contributed by atoms with Crippen molar-refractivity contribution < 1.29 is 9.59 Å². The molecule has 1 heterocycles. The number of nitrogens with zero attached hydrogens (tertiary/aromatic N) is 2. The van der Waals surface area contributed by atoms with E-state index in [1.54, 1.807) is 0 Å². The summed E-state index contributed by atoms with van der Waals surface area (Å²) in [4.78, 5) is 30.8. The number of nitrogens with one attached hydrogen (secondary N) is 1. The molecule has 18 heavy (non-hydrogen) atoms. The third-order valence-electron chi connectivity index (χ3n) is 2.87. The van der Waals surface area contributed by atoms with Gasteiger partial charge in [0, 0.05) is 17.7 Å². The van der Waals surface area contributed by atoms with Crippen LogP contribution in [0.15, 0.2) is 9.98 Å². The van der Waals surface area contributed by atoms with E-state index in [1.807, 2.05) is 13.8 Å². The second kappa shape index (κ2) is 5.65. The number of rotatable bonds is 3. The number of fused-ring (bicyclic) bond motifs is 1. The lowest BCUT2D eigenvalue weighted by atomic mass is 10.1. The maximum atomic E-state index is 11.6. The quantitative estimate of drug-likeness (QED) is 0.850. The minimum atomic E-state index is -0.421. The van der Waals surface area contributed by atoms with Gasteiger partial charge in [0.1, 0.15) is 0 Å². The van der Waals surface area contributed by atoms with E-state index >= 15 is 0 Å². The molecule has 2 aliphatic rings. The molecule has 1 atom stereocenters. The topological polar surface area (TPSA) is 70.9 Å².